The third kappa shape index (κ3) is 5.52. The lowest BCUT2D eigenvalue weighted by atomic mass is 9.93. The second-order valence-corrected chi connectivity index (χ2v) is 9.11. The minimum absolute atomic E-state index is 0.0879. The van der Waals surface area contributed by atoms with Crippen molar-refractivity contribution in [1.29, 1.82) is 0 Å². The Morgan fingerprint density at radius 1 is 0.857 bits per heavy atom. The number of hydrogen-bond acceptors (Lipinski definition) is 3. The zero-order valence-corrected chi connectivity index (χ0v) is 20.7. The van der Waals surface area contributed by atoms with Gasteiger partial charge in [-0.05, 0) is 95.5 Å². The number of aryl methyl sites for hydroxylation is 3. The van der Waals surface area contributed by atoms with E-state index in [9.17, 15) is 9.90 Å². The molecule has 35 heavy (non-hydrogen) atoms. The molecule has 0 bridgehead atoms. The van der Waals surface area contributed by atoms with E-state index in [1.54, 1.807) is 6.92 Å². The van der Waals surface area contributed by atoms with Crippen LogP contribution in [0.15, 0.2) is 84.9 Å². The molecule has 1 N–H and O–H groups in total. The number of carbonyl (C=O) groups excluding carboxylic acids is 1. The van der Waals surface area contributed by atoms with Gasteiger partial charge in [0.25, 0.3) is 0 Å². The van der Waals surface area contributed by atoms with E-state index in [0.717, 1.165) is 28.5 Å². The molecule has 0 aliphatic heterocycles. The van der Waals surface area contributed by atoms with Crippen LogP contribution in [0.3, 0.4) is 0 Å². The van der Waals surface area contributed by atoms with Crippen molar-refractivity contribution < 1.29 is 14.6 Å². The second kappa shape index (κ2) is 10.7. The molecule has 0 atom stereocenters. The molecule has 0 fully saturated rings. The lowest BCUT2D eigenvalue weighted by Crippen LogP contribution is -2.10. The Morgan fingerprint density at radius 2 is 1.51 bits per heavy atom. The van der Waals surface area contributed by atoms with E-state index in [4.69, 9.17) is 4.74 Å². The second-order valence-electron chi connectivity index (χ2n) is 9.11. The minimum Gasteiger partial charge on any atom is -0.423 e. The maximum Gasteiger partial charge on any atom is 0.338 e. The summed E-state index contributed by atoms with van der Waals surface area (Å²) >= 11 is 0. The number of fused-ring (bicyclic) bond motifs is 1. The van der Waals surface area contributed by atoms with Gasteiger partial charge < -0.3 is 9.84 Å². The first-order valence-electron chi connectivity index (χ1n) is 12.1. The van der Waals surface area contributed by atoms with Crippen LogP contribution in [0.1, 0.15) is 37.0 Å². The summed E-state index contributed by atoms with van der Waals surface area (Å²) in [6, 6.07) is 25.6. The van der Waals surface area contributed by atoms with Crippen molar-refractivity contribution in [2.45, 2.75) is 40.0 Å². The molecular weight excluding hydrogens is 432 g/mol. The van der Waals surface area contributed by atoms with Crippen molar-refractivity contribution in [2.75, 3.05) is 6.61 Å². The fourth-order valence-corrected chi connectivity index (χ4v) is 4.38. The summed E-state index contributed by atoms with van der Waals surface area (Å²) in [5, 5.41) is 11.6. The first-order valence-corrected chi connectivity index (χ1v) is 12.1. The molecule has 4 aromatic carbocycles. The molecule has 0 amide bonds. The van der Waals surface area contributed by atoms with Crippen LogP contribution in [0, 0.1) is 6.92 Å². The van der Waals surface area contributed by atoms with Crippen LogP contribution in [-0.2, 0) is 17.6 Å². The Balaban J connectivity index is 1.70. The van der Waals surface area contributed by atoms with Crippen LogP contribution >= 0.6 is 0 Å². The summed E-state index contributed by atoms with van der Waals surface area (Å²) in [6.45, 7) is 9.74. The van der Waals surface area contributed by atoms with Gasteiger partial charge in [-0.3, -0.25) is 0 Å². The van der Waals surface area contributed by atoms with Gasteiger partial charge in [0.1, 0.15) is 5.75 Å². The molecule has 0 unspecified atom stereocenters. The highest BCUT2D eigenvalue weighted by Crippen LogP contribution is 2.33. The van der Waals surface area contributed by atoms with E-state index in [1.165, 1.54) is 27.6 Å². The topological polar surface area (TPSA) is 46.5 Å². The Bertz CT molecular complexity index is 1400. The standard InChI is InChI=1S/C32H32O3/c1-5-23-17-22(4)8-15-30(23)29-14-13-25-18-26(11-12-27(25)19-29)28-10-9-24(7-6-16-33)31(20-28)35-32(34)21(2)3/h8-15,17-20,33H,2,5-7,16H2,1,3-4H3. The molecule has 0 saturated heterocycles. The van der Waals surface area contributed by atoms with Gasteiger partial charge in [0, 0.05) is 12.2 Å². The number of esters is 1. The van der Waals surface area contributed by atoms with Crippen molar-refractivity contribution in [1.82, 2.24) is 0 Å². The van der Waals surface area contributed by atoms with E-state index in [0.29, 0.717) is 24.2 Å². The van der Waals surface area contributed by atoms with Gasteiger partial charge >= 0.3 is 5.97 Å². The van der Waals surface area contributed by atoms with Gasteiger partial charge in [0.2, 0.25) is 0 Å². The van der Waals surface area contributed by atoms with E-state index < -0.39 is 5.97 Å². The molecule has 0 spiro atoms. The first kappa shape index (κ1) is 24.4. The highest BCUT2D eigenvalue weighted by molar-refractivity contribution is 5.92. The van der Waals surface area contributed by atoms with E-state index in [-0.39, 0.29) is 6.61 Å². The molecule has 3 heteroatoms. The third-order valence-corrected chi connectivity index (χ3v) is 6.35. The quantitative estimate of drug-likeness (QED) is 0.167. The SMILES string of the molecule is C=C(C)C(=O)Oc1cc(-c2ccc3cc(-c4ccc(C)cc4CC)ccc3c2)ccc1CCCO. The van der Waals surface area contributed by atoms with Crippen LogP contribution in [0.4, 0.5) is 0 Å². The monoisotopic (exact) mass is 464 g/mol. The molecule has 4 aromatic rings. The largest absolute Gasteiger partial charge is 0.423 e. The fraction of sp³-hybridized carbons (Fsp3) is 0.219. The summed E-state index contributed by atoms with van der Waals surface area (Å²) in [7, 11) is 0. The summed E-state index contributed by atoms with van der Waals surface area (Å²) in [4.78, 5) is 12.2. The average molecular weight is 465 g/mol. The predicted molar refractivity (Wildman–Crippen MR) is 145 cm³/mol. The third-order valence-electron chi connectivity index (χ3n) is 6.35. The molecule has 0 aliphatic carbocycles. The molecule has 0 aliphatic rings. The molecule has 178 valence electrons. The van der Waals surface area contributed by atoms with Gasteiger partial charge in [-0.2, -0.15) is 0 Å². The van der Waals surface area contributed by atoms with Gasteiger partial charge in [0.05, 0.1) is 0 Å². The van der Waals surface area contributed by atoms with Gasteiger partial charge in [0.15, 0.2) is 0 Å². The van der Waals surface area contributed by atoms with Crippen molar-refractivity contribution in [2.24, 2.45) is 0 Å². The van der Waals surface area contributed by atoms with Crippen LogP contribution in [0.2, 0.25) is 0 Å². The van der Waals surface area contributed by atoms with Crippen LogP contribution in [0.25, 0.3) is 33.0 Å². The predicted octanol–water partition coefficient (Wildman–Crippen LogP) is 7.45. The van der Waals surface area contributed by atoms with Gasteiger partial charge in [-0.25, -0.2) is 4.79 Å². The summed E-state index contributed by atoms with van der Waals surface area (Å²) in [5.41, 5.74) is 8.43. The van der Waals surface area contributed by atoms with Crippen molar-refractivity contribution in [3.8, 4) is 28.0 Å². The summed E-state index contributed by atoms with van der Waals surface area (Å²) in [6.07, 6.45) is 2.24. The highest BCUT2D eigenvalue weighted by atomic mass is 16.5. The number of aliphatic hydroxyl groups is 1. The number of aliphatic hydroxyl groups excluding tert-OH is 1. The maximum absolute atomic E-state index is 12.2. The van der Waals surface area contributed by atoms with Gasteiger partial charge in [-0.1, -0.05) is 73.7 Å². The van der Waals surface area contributed by atoms with Crippen LogP contribution in [-0.4, -0.2) is 17.7 Å². The molecule has 3 nitrogen and oxygen atoms in total. The van der Waals surface area contributed by atoms with E-state index >= 15 is 0 Å². The molecular formula is C32H32O3. The lowest BCUT2D eigenvalue weighted by Gasteiger charge is -2.13. The van der Waals surface area contributed by atoms with E-state index in [2.05, 4.69) is 75.0 Å². The van der Waals surface area contributed by atoms with Crippen LogP contribution in [0.5, 0.6) is 5.75 Å². The molecule has 0 saturated carbocycles. The molecule has 0 radical (unpaired) electrons. The Hall–Kier alpha value is -3.69. The van der Waals surface area contributed by atoms with E-state index in [1.807, 2.05) is 18.2 Å². The van der Waals surface area contributed by atoms with Crippen molar-refractivity contribution in [3.05, 3.63) is 102 Å². The Kier molecular flexibility index (Phi) is 7.48. The smallest absolute Gasteiger partial charge is 0.338 e. The zero-order valence-electron chi connectivity index (χ0n) is 20.7. The molecule has 0 aromatic heterocycles. The molecule has 4 rings (SSSR count). The lowest BCUT2D eigenvalue weighted by molar-refractivity contribution is -0.130. The average Bonchev–Trinajstić information content (AvgIpc) is 2.87. The van der Waals surface area contributed by atoms with Gasteiger partial charge in [-0.15, -0.1) is 0 Å². The minimum atomic E-state index is -0.444. The number of rotatable bonds is 8. The normalized spacial score (nSPS) is 11.0. The van der Waals surface area contributed by atoms with Crippen molar-refractivity contribution in [3.63, 3.8) is 0 Å². The number of carbonyl (C=O) groups is 1. The molecule has 0 heterocycles. The zero-order chi connectivity index (χ0) is 24.9. The first-order chi connectivity index (χ1) is 16.9. The summed E-state index contributed by atoms with van der Waals surface area (Å²) in [5.74, 6) is 0.0758. The number of ether oxygens (including phenoxy) is 1. The number of hydrogen-bond donors (Lipinski definition) is 1. The Labute approximate surface area is 207 Å². The van der Waals surface area contributed by atoms with Crippen molar-refractivity contribution >= 4 is 16.7 Å². The number of benzene rings is 4. The highest BCUT2D eigenvalue weighted by Gasteiger charge is 2.13. The fourth-order valence-electron chi connectivity index (χ4n) is 4.38. The summed E-state index contributed by atoms with van der Waals surface area (Å²) < 4.78 is 5.63. The maximum atomic E-state index is 12.2. The van der Waals surface area contributed by atoms with Crippen LogP contribution < -0.4 is 4.74 Å². The Morgan fingerprint density at radius 3 is 2.20 bits per heavy atom.